The lowest BCUT2D eigenvalue weighted by molar-refractivity contribution is -0.468. The summed E-state index contributed by atoms with van der Waals surface area (Å²) < 4.78 is 247. The molecule has 0 radical (unpaired) electrons. The van der Waals surface area contributed by atoms with Gasteiger partial charge in [-0.3, -0.25) is 0 Å². The van der Waals surface area contributed by atoms with Crippen LogP contribution in [0.4, 0.5) is 83.4 Å². The summed E-state index contributed by atoms with van der Waals surface area (Å²) in [5.74, 6) is -66.3. The summed E-state index contributed by atoms with van der Waals surface area (Å²) in [6.45, 7) is 0. The maximum atomic E-state index is 13.4. The molecular formula is C11H9F19N2Si. The number of alkyl halides is 19. The molecule has 0 spiro atoms. The summed E-state index contributed by atoms with van der Waals surface area (Å²) in [7, 11) is -3.36. The van der Waals surface area contributed by atoms with Crippen molar-refractivity contribution in [1.29, 1.82) is 0 Å². The van der Waals surface area contributed by atoms with Crippen molar-refractivity contribution in [2.24, 2.45) is 10.8 Å². The largest absolute Gasteiger partial charge is 0.460 e. The number of nitrogens with two attached hydrogens (primary N) is 2. The van der Waals surface area contributed by atoms with Crippen LogP contribution in [-0.4, -0.2) is 62.7 Å². The third-order valence-electron chi connectivity index (χ3n) is 3.97. The molecule has 0 saturated heterocycles. The summed E-state index contributed by atoms with van der Waals surface area (Å²) >= 11 is 0. The Labute approximate surface area is 170 Å². The van der Waals surface area contributed by atoms with Gasteiger partial charge in [0.05, 0.1) is 0 Å². The quantitative estimate of drug-likeness (QED) is 0.288. The van der Waals surface area contributed by atoms with Crippen LogP contribution in [0.2, 0.25) is 6.04 Å². The van der Waals surface area contributed by atoms with Gasteiger partial charge in [-0.1, -0.05) is 0 Å². The molecule has 0 amide bonds. The molecule has 0 heterocycles. The first kappa shape index (κ1) is 31.8. The highest BCUT2D eigenvalue weighted by molar-refractivity contribution is 6.51. The van der Waals surface area contributed by atoms with Crippen molar-refractivity contribution < 1.29 is 83.4 Å². The zero-order valence-corrected chi connectivity index (χ0v) is 16.0. The fourth-order valence-electron chi connectivity index (χ4n) is 1.90. The third kappa shape index (κ3) is 4.33. The Morgan fingerprint density at radius 3 is 0.879 bits per heavy atom. The zero-order valence-electron chi connectivity index (χ0n) is 14.8. The van der Waals surface area contributed by atoms with Crippen molar-refractivity contribution >= 4 is 9.12 Å². The summed E-state index contributed by atoms with van der Waals surface area (Å²) in [6, 6.07) is -1.49. The first-order valence-corrected chi connectivity index (χ1v) is 9.67. The molecule has 22 heteroatoms. The van der Waals surface area contributed by atoms with Gasteiger partial charge in [0.25, 0.3) is 0 Å². The van der Waals surface area contributed by atoms with Crippen LogP contribution in [0.25, 0.3) is 0 Å². The SMILES string of the molecule is N[SiH](N)CCC(F)(F)C(F)(F)C(F)(F)C(F)(F)C(F)(F)C(F)(F)C(F)(F)C(F)(F)C(F)(F)F. The molecule has 0 saturated carbocycles. The van der Waals surface area contributed by atoms with Crippen LogP contribution in [0, 0.1) is 0 Å². The van der Waals surface area contributed by atoms with E-state index in [9.17, 15) is 83.4 Å². The molecule has 4 N–H and O–H groups in total. The molecule has 0 aliphatic rings. The molecule has 0 unspecified atom stereocenters. The third-order valence-corrected chi connectivity index (χ3v) is 4.93. The maximum absolute atomic E-state index is 13.4. The predicted octanol–water partition coefficient (Wildman–Crippen LogP) is 5.16. The molecule has 200 valence electrons. The number of hydrogen-bond donors (Lipinski definition) is 2. The van der Waals surface area contributed by atoms with Gasteiger partial charge >= 0.3 is 53.6 Å². The Kier molecular flexibility index (Phi) is 7.89. The van der Waals surface area contributed by atoms with E-state index >= 15 is 0 Å². The molecule has 0 aliphatic carbocycles. The van der Waals surface area contributed by atoms with Crippen LogP contribution in [0.5, 0.6) is 0 Å². The Morgan fingerprint density at radius 1 is 0.394 bits per heavy atom. The Balaban J connectivity index is 6.76. The second-order valence-corrected chi connectivity index (χ2v) is 8.33. The van der Waals surface area contributed by atoms with Gasteiger partial charge in [-0.25, -0.2) is 0 Å². The normalized spacial score (nSPS) is 16.5. The van der Waals surface area contributed by atoms with Crippen LogP contribution in [0.15, 0.2) is 0 Å². The molecule has 0 fully saturated rings. The van der Waals surface area contributed by atoms with E-state index < -0.39 is 75.1 Å². The molecule has 0 rings (SSSR count). The van der Waals surface area contributed by atoms with E-state index in [2.05, 4.69) is 0 Å². The van der Waals surface area contributed by atoms with Crippen molar-refractivity contribution in [1.82, 2.24) is 0 Å². The van der Waals surface area contributed by atoms with E-state index in [-0.39, 0.29) is 0 Å². The van der Waals surface area contributed by atoms with Crippen LogP contribution in [-0.2, 0) is 0 Å². The Morgan fingerprint density at radius 2 is 0.636 bits per heavy atom. The second kappa shape index (κ2) is 8.19. The predicted molar refractivity (Wildman–Crippen MR) is 70.6 cm³/mol. The van der Waals surface area contributed by atoms with Crippen molar-refractivity contribution in [2.45, 2.75) is 66.0 Å². The van der Waals surface area contributed by atoms with Gasteiger partial charge in [0.15, 0.2) is 9.12 Å². The first-order valence-electron chi connectivity index (χ1n) is 7.52. The molecule has 0 aromatic rings. The average molecular weight is 558 g/mol. The minimum atomic E-state index is -8.90. The Hall–Kier alpha value is -1.19. The van der Waals surface area contributed by atoms with Crippen molar-refractivity contribution in [3.63, 3.8) is 0 Å². The average Bonchev–Trinajstić information content (AvgIpc) is 2.57. The highest BCUT2D eigenvalue weighted by Crippen LogP contribution is 2.65. The van der Waals surface area contributed by atoms with Crippen LogP contribution in [0.1, 0.15) is 6.42 Å². The summed E-state index contributed by atoms with van der Waals surface area (Å²) in [5, 5.41) is 9.45. The molecule has 0 aromatic heterocycles. The number of rotatable bonds is 10. The van der Waals surface area contributed by atoms with Crippen LogP contribution < -0.4 is 10.8 Å². The maximum Gasteiger partial charge on any atom is 0.460 e. The van der Waals surface area contributed by atoms with E-state index in [0.29, 0.717) is 0 Å². The summed E-state index contributed by atoms with van der Waals surface area (Å²) in [6.07, 6.45) is -10.5. The fraction of sp³-hybridized carbons (Fsp3) is 1.00. The van der Waals surface area contributed by atoms with E-state index in [1.165, 1.54) is 0 Å². The van der Waals surface area contributed by atoms with Crippen molar-refractivity contribution in [3.8, 4) is 0 Å². The highest BCUT2D eigenvalue weighted by Gasteiger charge is 2.96. The lowest BCUT2D eigenvalue weighted by Gasteiger charge is -2.43. The molecule has 0 atom stereocenters. The molecule has 0 aromatic carbocycles. The van der Waals surface area contributed by atoms with Gasteiger partial charge in [0.1, 0.15) is 0 Å². The molecule has 33 heavy (non-hydrogen) atoms. The topological polar surface area (TPSA) is 52.0 Å². The zero-order chi connectivity index (χ0) is 27.5. The summed E-state index contributed by atoms with van der Waals surface area (Å²) in [4.78, 5) is 0. The van der Waals surface area contributed by atoms with E-state index in [0.717, 1.165) is 0 Å². The minimum absolute atomic E-state index is 1.49. The van der Waals surface area contributed by atoms with Crippen LogP contribution >= 0.6 is 0 Å². The van der Waals surface area contributed by atoms with Gasteiger partial charge in [-0.05, 0) is 6.04 Å². The first-order chi connectivity index (χ1) is 13.9. The van der Waals surface area contributed by atoms with Gasteiger partial charge in [0, 0.05) is 6.42 Å². The minimum Gasteiger partial charge on any atom is -0.342 e. The standard InChI is InChI=1S/C11H9F19N2Si/c12-3(13,1-2-33(31)32)4(14,15)5(16,17)6(18,19)7(20,21)8(22,23)9(24,25)10(26,27)11(28,29)30/h33H,1-2,31-32H2. The molecule has 2 nitrogen and oxygen atoms in total. The lowest BCUT2D eigenvalue weighted by atomic mass is 9.87. The fourth-order valence-corrected chi connectivity index (χ4v) is 2.59. The van der Waals surface area contributed by atoms with E-state index in [1.54, 1.807) is 0 Å². The Bertz CT molecular complexity index is 696. The van der Waals surface area contributed by atoms with Gasteiger partial charge in [0.2, 0.25) is 0 Å². The molecule has 0 bridgehead atoms. The molecular weight excluding hydrogens is 549 g/mol. The molecule has 0 aliphatic heterocycles. The lowest BCUT2D eigenvalue weighted by Crippen LogP contribution is -2.75. The number of hydrogen-bond acceptors (Lipinski definition) is 2. The highest BCUT2D eigenvalue weighted by atomic mass is 28.3. The summed E-state index contributed by atoms with van der Waals surface area (Å²) in [5.41, 5.74) is 0. The van der Waals surface area contributed by atoms with Gasteiger partial charge in [-0.15, -0.1) is 0 Å². The van der Waals surface area contributed by atoms with Crippen LogP contribution in [0.3, 0.4) is 0 Å². The monoisotopic (exact) mass is 558 g/mol. The van der Waals surface area contributed by atoms with Gasteiger partial charge < -0.3 is 10.8 Å². The second-order valence-electron chi connectivity index (χ2n) is 6.43. The van der Waals surface area contributed by atoms with Crippen molar-refractivity contribution in [2.75, 3.05) is 0 Å². The van der Waals surface area contributed by atoms with Crippen molar-refractivity contribution in [3.05, 3.63) is 0 Å². The van der Waals surface area contributed by atoms with Gasteiger partial charge in [-0.2, -0.15) is 83.4 Å². The smallest absolute Gasteiger partial charge is 0.342 e. The van der Waals surface area contributed by atoms with E-state index in [4.69, 9.17) is 10.8 Å². The number of halogens is 19. The van der Waals surface area contributed by atoms with E-state index in [1.807, 2.05) is 0 Å².